The Balaban J connectivity index is 1.96. The maximum Gasteiger partial charge on any atom is 0.300 e. The Bertz CT molecular complexity index is 1240. The van der Waals surface area contributed by atoms with Crippen molar-refractivity contribution in [1.29, 1.82) is 0 Å². The number of aryl methyl sites for hydroxylation is 1. The summed E-state index contributed by atoms with van der Waals surface area (Å²) in [5.41, 5.74) is 1.55. The zero-order chi connectivity index (χ0) is 23.0. The minimum Gasteiger partial charge on any atom is -0.507 e. The number of aliphatic hydroxyl groups is 1. The van der Waals surface area contributed by atoms with E-state index >= 15 is 0 Å². The second-order valence-electron chi connectivity index (χ2n) is 7.18. The van der Waals surface area contributed by atoms with Crippen LogP contribution in [0.15, 0.2) is 59.5 Å². The monoisotopic (exact) mass is 469 g/mol. The summed E-state index contributed by atoms with van der Waals surface area (Å²) >= 11 is 7.69. The third-order valence-electron chi connectivity index (χ3n) is 5.35. The number of carbonyl (C=O) groups excluding carboxylic acids is 2. The van der Waals surface area contributed by atoms with E-state index in [0.29, 0.717) is 22.2 Å². The van der Waals surface area contributed by atoms with Crippen molar-refractivity contribution < 1.29 is 24.2 Å². The first-order valence-electron chi connectivity index (χ1n) is 9.70. The van der Waals surface area contributed by atoms with Crippen molar-refractivity contribution in [3.8, 4) is 11.5 Å². The highest BCUT2D eigenvalue weighted by Gasteiger charge is 2.47. The number of thiophene rings is 1. The van der Waals surface area contributed by atoms with Crippen LogP contribution in [0.4, 0.5) is 5.69 Å². The summed E-state index contributed by atoms with van der Waals surface area (Å²) in [6.07, 6.45) is 0. The number of nitrogens with zero attached hydrogens (tertiary/aromatic N) is 1. The van der Waals surface area contributed by atoms with Crippen LogP contribution in [0.2, 0.25) is 5.02 Å². The average Bonchev–Trinajstić information content (AvgIpc) is 3.42. The summed E-state index contributed by atoms with van der Waals surface area (Å²) in [4.78, 5) is 28.5. The molecule has 1 amide bonds. The van der Waals surface area contributed by atoms with Crippen LogP contribution in [0, 0.1) is 6.92 Å². The Hall–Kier alpha value is -3.29. The maximum atomic E-state index is 13.2. The van der Waals surface area contributed by atoms with Crippen molar-refractivity contribution in [1.82, 2.24) is 0 Å². The highest BCUT2D eigenvalue weighted by Crippen LogP contribution is 2.45. The fourth-order valence-electron chi connectivity index (χ4n) is 3.69. The van der Waals surface area contributed by atoms with E-state index in [9.17, 15) is 14.7 Å². The van der Waals surface area contributed by atoms with E-state index in [1.165, 1.54) is 30.5 Å². The Labute approximate surface area is 194 Å². The third kappa shape index (κ3) is 3.63. The molecule has 2 aromatic carbocycles. The van der Waals surface area contributed by atoms with Gasteiger partial charge in [0.15, 0.2) is 0 Å². The highest BCUT2D eigenvalue weighted by molar-refractivity contribution is 7.10. The van der Waals surface area contributed by atoms with Gasteiger partial charge in [-0.05, 0) is 54.3 Å². The molecule has 1 N–H and O–H groups in total. The highest BCUT2D eigenvalue weighted by atomic mass is 35.5. The molecular formula is C24H20ClNO5S. The maximum absolute atomic E-state index is 13.2. The number of carbonyl (C=O) groups is 2. The van der Waals surface area contributed by atoms with Crippen LogP contribution >= 0.6 is 22.9 Å². The minimum absolute atomic E-state index is 0.0271. The Morgan fingerprint density at radius 1 is 1.09 bits per heavy atom. The lowest BCUT2D eigenvalue weighted by Crippen LogP contribution is -2.29. The number of hydrogen-bond acceptors (Lipinski definition) is 6. The van der Waals surface area contributed by atoms with E-state index < -0.39 is 17.7 Å². The molecule has 0 radical (unpaired) electrons. The summed E-state index contributed by atoms with van der Waals surface area (Å²) in [6.45, 7) is 1.85. The van der Waals surface area contributed by atoms with E-state index in [-0.39, 0.29) is 16.9 Å². The van der Waals surface area contributed by atoms with Crippen LogP contribution in [0.1, 0.15) is 22.0 Å². The van der Waals surface area contributed by atoms with E-state index in [2.05, 4.69) is 0 Å². The number of anilines is 1. The van der Waals surface area contributed by atoms with Gasteiger partial charge in [0, 0.05) is 15.6 Å². The average molecular weight is 470 g/mol. The van der Waals surface area contributed by atoms with Crippen molar-refractivity contribution >= 4 is 46.1 Å². The summed E-state index contributed by atoms with van der Waals surface area (Å²) in [5, 5.41) is 13.6. The quantitative estimate of drug-likeness (QED) is 0.309. The number of ether oxygens (including phenoxy) is 2. The van der Waals surface area contributed by atoms with E-state index in [4.69, 9.17) is 21.1 Å². The van der Waals surface area contributed by atoms with Gasteiger partial charge in [0.2, 0.25) is 0 Å². The lowest BCUT2D eigenvalue weighted by Gasteiger charge is -2.24. The normalized spacial score (nSPS) is 17.6. The molecule has 1 fully saturated rings. The molecule has 0 saturated carbocycles. The molecule has 6 nitrogen and oxygen atoms in total. The van der Waals surface area contributed by atoms with Crippen LogP contribution < -0.4 is 14.4 Å². The summed E-state index contributed by atoms with van der Waals surface area (Å²) in [7, 11) is 2.96. The topological polar surface area (TPSA) is 76.1 Å². The molecule has 2 heterocycles. The van der Waals surface area contributed by atoms with Crippen LogP contribution in [0.3, 0.4) is 0 Å². The van der Waals surface area contributed by atoms with Crippen molar-refractivity contribution in [3.05, 3.63) is 80.5 Å². The molecule has 1 saturated heterocycles. The van der Waals surface area contributed by atoms with Crippen LogP contribution in [-0.2, 0) is 9.59 Å². The molecule has 164 valence electrons. The van der Waals surface area contributed by atoms with Gasteiger partial charge in [-0.15, -0.1) is 11.3 Å². The summed E-state index contributed by atoms with van der Waals surface area (Å²) in [5.74, 6) is -1.05. The van der Waals surface area contributed by atoms with Gasteiger partial charge in [0.1, 0.15) is 23.3 Å². The second kappa shape index (κ2) is 8.68. The molecule has 3 aromatic rings. The predicted octanol–water partition coefficient (Wildman–Crippen LogP) is 5.35. The number of aliphatic hydroxyl groups excluding tert-OH is 1. The molecule has 1 aromatic heterocycles. The van der Waals surface area contributed by atoms with Gasteiger partial charge in [-0.3, -0.25) is 14.5 Å². The molecule has 1 atom stereocenters. The molecule has 8 heteroatoms. The largest absolute Gasteiger partial charge is 0.507 e. The van der Waals surface area contributed by atoms with Gasteiger partial charge in [-0.2, -0.15) is 0 Å². The molecule has 1 aliphatic heterocycles. The number of hydrogen-bond donors (Lipinski definition) is 1. The standard InChI is InChI=1S/C24H20ClNO5S/c1-13-6-7-14(11-17(13)25)26-21(19-5-4-10-32-19)20(23(28)24(26)29)22(27)16-12-15(30-2)8-9-18(16)31-3/h4-12,21,27H,1-3H3/b22-20-. The molecule has 0 spiro atoms. The number of halogens is 1. The molecule has 4 rings (SSSR count). The first-order valence-corrected chi connectivity index (χ1v) is 11.0. The molecule has 1 aliphatic rings. The molecular weight excluding hydrogens is 450 g/mol. The second-order valence-corrected chi connectivity index (χ2v) is 8.57. The smallest absolute Gasteiger partial charge is 0.300 e. The van der Waals surface area contributed by atoms with Crippen molar-refractivity contribution in [2.75, 3.05) is 19.1 Å². The first-order chi connectivity index (χ1) is 15.4. The Morgan fingerprint density at radius 2 is 1.88 bits per heavy atom. The summed E-state index contributed by atoms with van der Waals surface area (Å²) < 4.78 is 10.6. The molecule has 0 aliphatic carbocycles. The minimum atomic E-state index is -0.815. The lowest BCUT2D eigenvalue weighted by atomic mass is 9.99. The van der Waals surface area contributed by atoms with Crippen molar-refractivity contribution in [2.24, 2.45) is 0 Å². The van der Waals surface area contributed by atoms with Gasteiger partial charge in [-0.1, -0.05) is 23.7 Å². The van der Waals surface area contributed by atoms with Gasteiger partial charge < -0.3 is 14.6 Å². The van der Waals surface area contributed by atoms with Crippen LogP contribution in [-0.4, -0.2) is 31.0 Å². The SMILES string of the molecule is COc1ccc(OC)c(/C(O)=C2/C(=O)C(=O)N(c3ccc(C)c(Cl)c3)C2c2cccs2)c1. The van der Waals surface area contributed by atoms with Gasteiger partial charge in [0.05, 0.1) is 25.4 Å². The third-order valence-corrected chi connectivity index (χ3v) is 6.68. The molecule has 32 heavy (non-hydrogen) atoms. The van der Waals surface area contributed by atoms with E-state index in [0.717, 1.165) is 10.4 Å². The fourth-order valence-corrected chi connectivity index (χ4v) is 4.69. The lowest BCUT2D eigenvalue weighted by molar-refractivity contribution is -0.132. The molecule has 1 unspecified atom stereocenters. The zero-order valence-corrected chi connectivity index (χ0v) is 19.2. The zero-order valence-electron chi connectivity index (χ0n) is 17.6. The Morgan fingerprint density at radius 3 is 2.50 bits per heavy atom. The first kappa shape index (κ1) is 21.9. The van der Waals surface area contributed by atoms with Gasteiger partial charge in [-0.25, -0.2) is 0 Å². The Kier molecular flexibility index (Phi) is 5.95. The van der Waals surface area contributed by atoms with E-state index in [1.54, 1.807) is 36.4 Å². The van der Waals surface area contributed by atoms with Gasteiger partial charge >= 0.3 is 0 Å². The molecule has 0 bridgehead atoms. The number of methoxy groups -OCH3 is 2. The van der Waals surface area contributed by atoms with Gasteiger partial charge in [0.25, 0.3) is 11.7 Å². The predicted molar refractivity (Wildman–Crippen MR) is 125 cm³/mol. The fraction of sp³-hybridized carbons (Fsp3) is 0.167. The number of ketones is 1. The number of Topliss-reactive ketones (excluding diaryl/α,β-unsaturated/α-hetero) is 1. The number of amides is 1. The summed E-state index contributed by atoms with van der Waals surface area (Å²) in [6, 6.07) is 12.9. The van der Waals surface area contributed by atoms with Crippen LogP contribution in [0.5, 0.6) is 11.5 Å². The van der Waals surface area contributed by atoms with E-state index in [1.807, 2.05) is 24.4 Å². The van der Waals surface area contributed by atoms with Crippen LogP contribution in [0.25, 0.3) is 5.76 Å². The number of rotatable bonds is 5. The van der Waals surface area contributed by atoms with Crippen molar-refractivity contribution in [3.63, 3.8) is 0 Å². The van der Waals surface area contributed by atoms with Crippen molar-refractivity contribution in [2.45, 2.75) is 13.0 Å². The number of benzene rings is 2.